The Morgan fingerprint density at radius 2 is 1.29 bits per heavy atom. The average molecular weight is 372 g/mol. The number of carbonyl (C=O) groups is 2. The minimum atomic E-state index is -0.249. The van der Waals surface area contributed by atoms with E-state index in [4.69, 9.17) is 10.5 Å². The van der Waals surface area contributed by atoms with E-state index in [-0.39, 0.29) is 23.7 Å². The molecule has 2 N–H and O–H groups in total. The molecule has 28 heavy (non-hydrogen) atoms. The second-order valence-electron chi connectivity index (χ2n) is 6.92. The molecule has 140 valence electrons. The Hall–Kier alpha value is -3.64. The Bertz CT molecular complexity index is 893. The second-order valence-corrected chi connectivity index (χ2v) is 6.92. The molecule has 0 heterocycles. The van der Waals surface area contributed by atoms with Crippen molar-refractivity contribution >= 4 is 23.2 Å². The number of rotatable bonds is 4. The van der Waals surface area contributed by atoms with Crippen LogP contribution in [0.4, 0.5) is 11.4 Å². The summed E-state index contributed by atoms with van der Waals surface area (Å²) in [7, 11) is 0. The van der Waals surface area contributed by atoms with Gasteiger partial charge in [0.15, 0.2) is 0 Å². The molecular formula is C22H20N4O2. The number of nitrogens with zero attached hydrogens (tertiary/aromatic N) is 2. The highest BCUT2D eigenvalue weighted by atomic mass is 16.2. The quantitative estimate of drug-likeness (QED) is 0.851. The number of anilines is 2. The fourth-order valence-electron chi connectivity index (χ4n) is 3.49. The van der Waals surface area contributed by atoms with Crippen LogP contribution in [-0.2, 0) is 9.59 Å². The lowest BCUT2D eigenvalue weighted by atomic mass is 9.80. The zero-order valence-corrected chi connectivity index (χ0v) is 15.3. The van der Waals surface area contributed by atoms with E-state index in [0.29, 0.717) is 28.9 Å². The topological polar surface area (TPSA) is 106 Å². The Balaban J connectivity index is 1.61. The molecule has 6 heteroatoms. The van der Waals surface area contributed by atoms with Crippen molar-refractivity contribution in [3.8, 4) is 12.1 Å². The first kappa shape index (κ1) is 19.1. The third kappa shape index (κ3) is 4.75. The van der Waals surface area contributed by atoms with Crippen LogP contribution < -0.4 is 10.6 Å². The summed E-state index contributed by atoms with van der Waals surface area (Å²) >= 11 is 0. The first-order valence-corrected chi connectivity index (χ1v) is 9.21. The van der Waals surface area contributed by atoms with Gasteiger partial charge in [0.05, 0.1) is 23.3 Å². The molecule has 0 bridgehead atoms. The number of nitrogens with one attached hydrogen (secondary N) is 2. The highest BCUT2D eigenvalue weighted by molar-refractivity contribution is 5.95. The Morgan fingerprint density at radius 3 is 1.71 bits per heavy atom. The maximum Gasteiger partial charge on any atom is 0.227 e. The molecule has 1 fully saturated rings. The van der Waals surface area contributed by atoms with Gasteiger partial charge in [-0.1, -0.05) is 18.6 Å². The normalized spacial score (nSPS) is 18.4. The van der Waals surface area contributed by atoms with Crippen molar-refractivity contribution in [2.24, 2.45) is 11.8 Å². The molecule has 2 amide bonds. The highest BCUT2D eigenvalue weighted by Gasteiger charge is 2.31. The molecule has 6 nitrogen and oxygen atoms in total. The van der Waals surface area contributed by atoms with Gasteiger partial charge in [-0.2, -0.15) is 10.5 Å². The van der Waals surface area contributed by atoms with Crippen molar-refractivity contribution in [1.29, 1.82) is 10.5 Å². The van der Waals surface area contributed by atoms with E-state index in [2.05, 4.69) is 10.6 Å². The zero-order valence-electron chi connectivity index (χ0n) is 15.3. The summed E-state index contributed by atoms with van der Waals surface area (Å²) < 4.78 is 0. The molecule has 3 rings (SSSR count). The summed E-state index contributed by atoms with van der Waals surface area (Å²) in [5.41, 5.74) is 2.14. The fraction of sp³-hybridized carbons (Fsp3) is 0.273. The van der Waals surface area contributed by atoms with E-state index in [1.165, 1.54) is 0 Å². The fourth-order valence-corrected chi connectivity index (χ4v) is 3.49. The van der Waals surface area contributed by atoms with Crippen LogP contribution in [0.2, 0.25) is 0 Å². The van der Waals surface area contributed by atoms with Crippen molar-refractivity contribution in [2.45, 2.75) is 25.7 Å². The van der Waals surface area contributed by atoms with Crippen molar-refractivity contribution in [3.05, 3.63) is 59.7 Å². The second kappa shape index (κ2) is 8.83. The van der Waals surface area contributed by atoms with Crippen molar-refractivity contribution in [3.63, 3.8) is 0 Å². The van der Waals surface area contributed by atoms with Gasteiger partial charge in [0, 0.05) is 23.2 Å². The van der Waals surface area contributed by atoms with Gasteiger partial charge in [-0.15, -0.1) is 0 Å². The van der Waals surface area contributed by atoms with E-state index in [1.54, 1.807) is 48.5 Å². The minimum absolute atomic E-state index is 0.126. The molecule has 1 aliphatic carbocycles. The Kier molecular flexibility index (Phi) is 6.04. The molecule has 0 spiro atoms. The predicted octanol–water partition coefficient (Wildman–Crippen LogP) is 3.81. The SMILES string of the molecule is N#Cc1cccc(NC(=O)[C@H]2CCC[C@H](C(=O)Nc3cccc(C#N)c3)C2)c1. The van der Waals surface area contributed by atoms with E-state index in [9.17, 15) is 9.59 Å². The summed E-state index contributed by atoms with van der Waals surface area (Å²) in [6, 6.07) is 17.7. The third-order valence-electron chi connectivity index (χ3n) is 4.93. The van der Waals surface area contributed by atoms with Crippen molar-refractivity contribution < 1.29 is 9.59 Å². The zero-order chi connectivity index (χ0) is 19.9. The number of benzene rings is 2. The van der Waals surface area contributed by atoms with Gasteiger partial charge in [-0.25, -0.2) is 0 Å². The van der Waals surface area contributed by atoms with Gasteiger partial charge in [0.25, 0.3) is 0 Å². The molecule has 0 radical (unpaired) electrons. The summed E-state index contributed by atoms with van der Waals surface area (Å²) in [6.07, 6.45) is 2.75. The summed E-state index contributed by atoms with van der Waals surface area (Å²) in [6.45, 7) is 0. The molecule has 2 aromatic rings. The Labute approximate surface area is 163 Å². The van der Waals surface area contributed by atoms with E-state index in [0.717, 1.165) is 19.3 Å². The van der Waals surface area contributed by atoms with Gasteiger partial charge in [-0.05, 0) is 55.7 Å². The predicted molar refractivity (Wildman–Crippen MR) is 105 cm³/mol. The molecule has 2 aromatic carbocycles. The Morgan fingerprint density at radius 1 is 0.821 bits per heavy atom. The van der Waals surface area contributed by atoms with Gasteiger partial charge in [0.1, 0.15) is 0 Å². The molecule has 0 unspecified atom stereocenters. The van der Waals surface area contributed by atoms with Crippen LogP contribution >= 0.6 is 0 Å². The lowest BCUT2D eigenvalue weighted by Gasteiger charge is -2.27. The number of hydrogen-bond donors (Lipinski definition) is 2. The first-order valence-electron chi connectivity index (χ1n) is 9.21. The van der Waals surface area contributed by atoms with Gasteiger partial charge in [-0.3, -0.25) is 9.59 Å². The minimum Gasteiger partial charge on any atom is -0.326 e. The third-order valence-corrected chi connectivity index (χ3v) is 4.93. The number of nitriles is 2. The lowest BCUT2D eigenvalue weighted by Crippen LogP contribution is -2.33. The van der Waals surface area contributed by atoms with Gasteiger partial charge < -0.3 is 10.6 Å². The van der Waals surface area contributed by atoms with Crippen LogP contribution in [0.1, 0.15) is 36.8 Å². The number of carbonyl (C=O) groups excluding carboxylic acids is 2. The van der Waals surface area contributed by atoms with Crippen LogP contribution in [0.3, 0.4) is 0 Å². The lowest BCUT2D eigenvalue weighted by molar-refractivity contribution is -0.124. The standard InChI is InChI=1S/C22H20N4O2/c23-13-15-4-1-8-19(10-15)25-21(27)17-6-3-7-18(12-17)22(28)26-20-9-2-5-16(11-20)14-24/h1-2,4-5,8-11,17-18H,3,6-7,12H2,(H,25,27)(H,26,28)/t17-,18-/m0/s1. The maximum atomic E-state index is 12.6. The van der Waals surface area contributed by atoms with Crippen molar-refractivity contribution in [2.75, 3.05) is 10.6 Å². The maximum absolute atomic E-state index is 12.6. The van der Waals surface area contributed by atoms with Crippen LogP contribution in [-0.4, -0.2) is 11.8 Å². The first-order chi connectivity index (χ1) is 13.6. The highest BCUT2D eigenvalue weighted by Crippen LogP contribution is 2.31. The van der Waals surface area contributed by atoms with Gasteiger partial charge >= 0.3 is 0 Å². The summed E-state index contributed by atoms with van der Waals surface area (Å²) in [5.74, 6) is -0.750. The number of amides is 2. The molecule has 1 saturated carbocycles. The summed E-state index contributed by atoms with van der Waals surface area (Å²) in [5, 5.41) is 23.6. The number of hydrogen-bond acceptors (Lipinski definition) is 4. The average Bonchev–Trinajstić information content (AvgIpc) is 2.74. The van der Waals surface area contributed by atoms with E-state index >= 15 is 0 Å². The van der Waals surface area contributed by atoms with Crippen molar-refractivity contribution in [1.82, 2.24) is 0 Å². The van der Waals surface area contributed by atoms with Crippen LogP contribution in [0, 0.1) is 34.5 Å². The van der Waals surface area contributed by atoms with Crippen LogP contribution in [0.25, 0.3) is 0 Å². The van der Waals surface area contributed by atoms with Crippen LogP contribution in [0.15, 0.2) is 48.5 Å². The van der Waals surface area contributed by atoms with E-state index in [1.807, 2.05) is 12.1 Å². The van der Waals surface area contributed by atoms with Gasteiger partial charge in [0.2, 0.25) is 11.8 Å². The van der Waals surface area contributed by atoms with Crippen LogP contribution in [0.5, 0.6) is 0 Å². The molecular weight excluding hydrogens is 352 g/mol. The van der Waals surface area contributed by atoms with E-state index < -0.39 is 0 Å². The summed E-state index contributed by atoms with van der Waals surface area (Å²) in [4.78, 5) is 25.2. The molecule has 0 aromatic heterocycles. The molecule has 0 aliphatic heterocycles. The molecule has 0 saturated heterocycles. The molecule has 1 aliphatic rings. The monoisotopic (exact) mass is 372 g/mol. The molecule has 2 atom stereocenters. The smallest absolute Gasteiger partial charge is 0.227 e. The largest absolute Gasteiger partial charge is 0.326 e.